The topological polar surface area (TPSA) is 67.8 Å². The van der Waals surface area contributed by atoms with E-state index in [1.165, 1.54) is 0 Å². The Morgan fingerprint density at radius 2 is 2.05 bits per heavy atom. The largest absolute Gasteiger partial charge is 0.486 e. The third-order valence-corrected chi connectivity index (χ3v) is 3.56. The average molecular weight is 277 g/mol. The molecule has 0 aromatic heterocycles. The van der Waals surface area contributed by atoms with Crippen LogP contribution in [0.4, 0.5) is 0 Å². The third-order valence-electron chi connectivity index (χ3n) is 3.56. The van der Waals surface area contributed by atoms with Gasteiger partial charge in [0, 0.05) is 12.1 Å². The summed E-state index contributed by atoms with van der Waals surface area (Å²) in [5.41, 5.74) is 1.08. The van der Waals surface area contributed by atoms with Crippen molar-refractivity contribution < 1.29 is 19.4 Å². The minimum Gasteiger partial charge on any atom is -0.486 e. The number of rotatable bonds is 6. The first-order chi connectivity index (χ1) is 9.70. The van der Waals surface area contributed by atoms with E-state index in [-0.39, 0.29) is 12.5 Å². The number of benzene rings is 1. The molecular weight excluding hydrogens is 258 g/mol. The minimum absolute atomic E-state index is 0.0254. The first-order valence-corrected chi connectivity index (χ1v) is 7.07. The Morgan fingerprint density at radius 3 is 2.75 bits per heavy atom. The Kier molecular flexibility index (Phi) is 3.78. The van der Waals surface area contributed by atoms with Crippen molar-refractivity contribution in [1.29, 1.82) is 0 Å². The summed E-state index contributed by atoms with van der Waals surface area (Å²) >= 11 is 0. The van der Waals surface area contributed by atoms with Crippen LogP contribution in [0.15, 0.2) is 18.2 Å². The summed E-state index contributed by atoms with van der Waals surface area (Å²) in [5, 5.41) is 12.4. The van der Waals surface area contributed by atoms with Gasteiger partial charge >= 0.3 is 5.97 Å². The van der Waals surface area contributed by atoms with Crippen molar-refractivity contribution in [1.82, 2.24) is 5.32 Å². The monoisotopic (exact) mass is 277 g/mol. The van der Waals surface area contributed by atoms with Gasteiger partial charge in [0.1, 0.15) is 13.2 Å². The second kappa shape index (κ2) is 5.71. The molecule has 108 valence electrons. The molecule has 1 aromatic rings. The normalized spacial score (nSPS) is 18.6. The summed E-state index contributed by atoms with van der Waals surface area (Å²) in [7, 11) is 0. The van der Waals surface area contributed by atoms with Crippen LogP contribution in [0.5, 0.6) is 11.5 Å². The summed E-state index contributed by atoms with van der Waals surface area (Å²) in [5.74, 6) is 0.764. The van der Waals surface area contributed by atoms with Gasteiger partial charge in [-0.25, -0.2) is 0 Å². The highest BCUT2D eigenvalue weighted by atomic mass is 16.6. The molecule has 20 heavy (non-hydrogen) atoms. The number of hydrogen-bond acceptors (Lipinski definition) is 4. The van der Waals surface area contributed by atoms with E-state index in [1.807, 2.05) is 18.2 Å². The molecule has 1 saturated carbocycles. The Labute approximate surface area is 117 Å². The van der Waals surface area contributed by atoms with Crippen molar-refractivity contribution >= 4 is 5.97 Å². The number of carboxylic acid groups (broad SMARTS) is 1. The van der Waals surface area contributed by atoms with Gasteiger partial charge in [-0.2, -0.15) is 0 Å². The molecule has 0 amide bonds. The van der Waals surface area contributed by atoms with Gasteiger partial charge in [-0.05, 0) is 37.0 Å². The van der Waals surface area contributed by atoms with Crippen molar-refractivity contribution in [3.63, 3.8) is 0 Å². The molecule has 0 saturated heterocycles. The number of nitrogens with one attached hydrogen (secondary N) is 1. The molecule has 5 heteroatoms. The smallest absolute Gasteiger partial charge is 0.304 e. The summed E-state index contributed by atoms with van der Waals surface area (Å²) in [6.07, 6.45) is 3.14. The molecule has 2 aliphatic rings. The minimum atomic E-state index is -0.763. The number of hydrogen-bond donors (Lipinski definition) is 2. The fraction of sp³-hybridized carbons (Fsp3) is 0.533. The SMILES string of the molecule is O=C(O)CC(Cc1ccc2c(c1)OCCO2)NC1CC1. The maximum atomic E-state index is 10.9. The molecule has 3 rings (SSSR count). The zero-order chi connectivity index (χ0) is 13.9. The first kappa shape index (κ1) is 13.2. The summed E-state index contributed by atoms with van der Waals surface area (Å²) in [6, 6.07) is 6.31. The molecule has 2 N–H and O–H groups in total. The molecule has 1 unspecified atom stereocenters. The molecule has 1 aliphatic carbocycles. The Morgan fingerprint density at radius 1 is 1.30 bits per heavy atom. The summed E-state index contributed by atoms with van der Waals surface area (Å²) < 4.78 is 11.0. The number of fused-ring (bicyclic) bond motifs is 1. The fourth-order valence-corrected chi connectivity index (χ4v) is 2.48. The van der Waals surface area contributed by atoms with Crippen molar-refractivity contribution in [2.24, 2.45) is 0 Å². The van der Waals surface area contributed by atoms with E-state index in [1.54, 1.807) is 0 Å². The predicted molar refractivity (Wildman–Crippen MR) is 73.3 cm³/mol. The van der Waals surface area contributed by atoms with Crippen LogP contribution < -0.4 is 14.8 Å². The van der Waals surface area contributed by atoms with Crippen LogP contribution in [-0.4, -0.2) is 36.4 Å². The van der Waals surface area contributed by atoms with Crippen molar-refractivity contribution in [3.05, 3.63) is 23.8 Å². The lowest BCUT2D eigenvalue weighted by atomic mass is 10.0. The summed E-state index contributed by atoms with van der Waals surface area (Å²) in [6.45, 7) is 1.15. The number of carbonyl (C=O) groups is 1. The van der Waals surface area contributed by atoms with Crippen LogP contribution in [0.2, 0.25) is 0 Å². The van der Waals surface area contributed by atoms with Crippen LogP contribution in [0.3, 0.4) is 0 Å². The molecule has 5 nitrogen and oxygen atoms in total. The molecule has 1 atom stereocenters. The number of aliphatic carboxylic acids is 1. The van der Waals surface area contributed by atoms with Crippen LogP contribution in [-0.2, 0) is 11.2 Å². The highest BCUT2D eigenvalue weighted by molar-refractivity contribution is 5.67. The molecule has 1 heterocycles. The van der Waals surface area contributed by atoms with Gasteiger partial charge in [-0.15, -0.1) is 0 Å². The van der Waals surface area contributed by atoms with Gasteiger partial charge in [-0.3, -0.25) is 4.79 Å². The fourth-order valence-electron chi connectivity index (χ4n) is 2.48. The lowest BCUT2D eigenvalue weighted by molar-refractivity contribution is -0.137. The van der Waals surface area contributed by atoms with E-state index in [9.17, 15) is 4.79 Å². The number of ether oxygens (including phenoxy) is 2. The quantitative estimate of drug-likeness (QED) is 0.826. The molecule has 1 fully saturated rings. The molecule has 0 bridgehead atoms. The molecule has 1 aliphatic heterocycles. The lowest BCUT2D eigenvalue weighted by Crippen LogP contribution is -2.35. The van der Waals surface area contributed by atoms with Crippen molar-refractivity contribution in [3.8, 4) is 11.5 Å². The predicted octanol–water partition coefficient (Wildman–Crippen LogP) is 1.60. The van der Waals surface area contributed by atoms with E-state index in [2.05, 4.69) is 5.32 Å². The summed E-state index contributed by atoms with van der Waals surface area (Å²) in [4.78, 5) is 10.9. The molecule has 1 aromatic carbocycles. The van der Waals surface area contributed by atoms with Crippen LogP contribution in [0.1, 0.15) is 24.8 Å². The van der Waals surface area contributed by atoms with E-state index in [0.717, 1.165) is 29.9 Å². The first-order valence-electron chi connectivity index (χ1n) is 7.07. The Balaban J connectivity index is 1.68. The van der Waals surface area contributed by atoms with Crippen LogP contribution >= 0.6 is 0 Å². The highest BCUT2D eigenvalue weighted by Crippen LogP contribution is 2.31. The van der Waals surface area contributed by atoms with Gasteiger partial charge < -0.3 is 19.9 Å². The molecule has 0 radical (unpaired) electrons. The van der Waals surface area contributed by atoms with Crippen LogP contribution in [0, 0.1) is 0 Å². The number of carboxylic acids is 1. The zero-order valence-corrected chi connectivity index (χ0v) is 11.3. The Bertz CT molecular complexity index is 499. The Hall–Kier alpha value is -1.75. The van der Waals surface area contributed by atoms with Crippen molar-refractivity contribution in [2.75, 3.05) is 13.2 Å². The van der Waals surface area contributed by atoms with E-state index < -0.39 is 5.97 Å². The average Bonchev–Trinajstić information content (AvgIpc) is 3.22. The van der Waals surface area contributed by atoms with E-state index in [0.29, 0.717) is 25.7 Å². The van der Waals surface area contributed by atoms with Gasteiger partial charge in [0.25, 0.3) is 0 Å². The third kappa shape index (κ3) is 3.42. The van der Waals surface area contributed by atoms with Gasteiger partial charge in [-0.1, -0.05) is 6.07 Å². The lowest BCUT2D eigenvalue weighted by Gasteiger charge is -2.21. The van der Waals surface area contributed by atoms with Crippen LogP contribution in [0.25, 0.3) is 0 Å². The van der Waals surface area contributed by atoms with E-state index >= 15 is 0 Å². The standard InChI is InChI=1S/C15H19NO4/c17-15(18)9-12(16-11-2-3-11)7-10-1-4-13-14(8-10)20-6-5-19-13/h1,4,8,11-12,16H,2-3,5-7,9H2,(H,17,18). The maximum Gasteiger partial charge on any atom is 0.304 e. The van der Waals surface area contributed by atoms with Crippen molar-refractivity contribution in [2.45, 2.75) is 37.8 Å². The second-order valence-corrected chi connectivity index (χ2v) is 5.42. The van der Waals surface area contributed by atoms with Gasteiger partial charge in [0.15, 0.2) is 11.5 Å². The van der Waals surface area contributed by atoms with Gasteiger partial charge in [0.05, 0.1) is 6.42 Å². The zero-order valence-electron chi connectivity index (χ0n) is 11.3. The van der Waals surface area contributed by atoms with Gasteiger partial charge in [0.2, 0.25) is 0 Å². The van der Waals surface area contributed by atoms with E-state index in [4.69, 9.17) is 14.6 Å². The molecule has 0 spiro atoms. The molecular formula is C15H19NO4. The maximum absolute atomic E-state index is 10.9. The second-order valence-electron chi connectivity index (χ2n) is 5.42. The highest BCUT2D eigenvalue weighted by Gasteiger charge is 2.26.